The lowest BCUT2D eigenvalue weighted by molar-refractivity contribution is 0.686. The molecule has 0 aromatic heterocycles. The van der Waals surface area contributed by atoms with Crippen molar-refractivity contribution in [2.24, 2.45) is 0 Å². The molecule has 1 saturated heterocycles. The van der Waals surface area contributed by atoms with Crippen LogP contribution in [0.15, 0.2) is 67.2 Å². The van der Waals surface area contributed by atoms with E-state index in [9.17, 15) is 0 Å². The first-order valence-corrected chi connectivity index (χ1v) is 7.39. The molecule has 1 aliphatic heterocycles. The molecular weight excluding hydrogens is 242 g/mol. The molecule has 1 nitrogen and oxygen atoms in total. The third-order valence-electron chi connectivity index (χ3n) is 4.13. The van der Waals surface area contributed by atoms with Crippen LogP contribution in [0.3, 0.4) is 0 Å². The van der Waals surface area contributed by atoms with Gasteiger partial charge in [0.05, 0.1) is 0 Å². The number of rotatable bonds is 4. The molecule has 0 bridgehead atoms. The molecule has 0 saturated carbocycles. The molecule has 0 spiro atoms. The average Bonchev–Trinajstić information content (AvgIpc) is 2.97. The molecule has 0 N–H and O–H groups in total. The Balaban J connectivity index is 1.72. The van der Waals surface area contributed by atoms with E-state index in [1.807, 2.05) is 0 Å². The van der Waals surface area contributed by atoms with Crippen LogP contribution in [0.25, 0.3) is 5.57 Å². The zero-order valence-corrected chi connectivity index (χ0v) is 11.8. The van der Waals surface area contributed by atoms with Gasteiger partial charge in [-0.3, -0.25) is 0 Å². The number of hydrogen-bond acceptors (Lipinski definition) is 1. The van der Waals surface area contributed by atoms with Crippen LogP contribution in [0.5, 0.6) is 0 Å². The van der Waals surface area contributed by atoms with Crippen molar-refractivity contribution < 1.29 is 0 Å². The molecule has 102 valence electrons. The van der Waals surface area contributed by atoms with Crippen LogP contribution in [-0.4, -0.2) is 12.6 Å². The summed E-state index contributed by atoms with van der Waals surface area (Å²) in [5.74, 6) is 0. The van der Waals surface area contributed by atoms with Crippen LogP contribution >= 0.6 is 0 Å². The van der Waals surface area contributed by atoms with Crippen molar-refractivity contribution >= 4 is 11.3 Å². The summed E-state index contributed by atoms with van der Waals surface area (Å²) < 4.78 is 0. The summed E-state index contributed by atoms with van der Waals surface area (Å²) >= 11 is 0. The van der Waals surface area contributed by atoms with Crippen LogP contribution in [0, 0.1) is 0 Å². The van der Waals surface area contributed by atoms with Crippen molar-refractivity contribution in [3.63, 3.8) is 0 Å². The molecule has 0 radical (unpaired) electrons. The molecule has 1 unspecified atom stereocenters. The van der Waals surface area contributed by atoms with Crippen molar-refractivity contribution in [3.05, 3.63) is 72.8 Å². The van der Waals surface area contributed by atoms with Gasteiger partial charge < -0.3 is 4.90 Å². The third kappa shape index (κ3) is 2.77. The zero-order valence-electron chi connectivity index (χ0n) is 11.8. The van der Waals surface area contributed by atoms with Gasteiger partial charge in [-0.15, -0.1) is 0 Å². The van der Waals surface area contributed by atoms with E-state index in [0.29, 0.717) is 6.04 Å². The second-order valence-corrected chi connectivity index (χ2v) is 5.50. The van der Waals surface area contributed by atoms with Gasteiger partial charge in [0.15, 0.2) is 0 Å². The fourth-order valence-electron chi connectivity index (χ4n) is 3.08. The highest BCUT2D eigenvalue weighted by atomic mass is 15.2. The van der Waals surface area contributed by atoms with Gasteiger partial charge in [-0.25, -0.2) is 0 Å². The summed E-state index contributed by atoms with van der Waals surface area (Å²) in [6.45, 7) is 5.45. The largest absolute Gasteiger partial charge is 0.368 e. The Hall–Kier alpha value is -2.02. The van der Waals surface area contributed by atoms with Crippen molar-refractivity contribution in [2.45, 2.75) is 25.3 Å². The lowest BCUT2D eigenvalue weighted by Crippen LogP contribution is -2.29. The van der Waals surface area contributed by atoms with E-state index < -0.39 is 0 Å². The fourth-order valence-corrected chi connectivity index (χ4v) is 3.08. The molecule has 1 aliphatic rings. The molecule has 2 aromatic rings. The van der Waals surface area contributed by atoms with Gasteiger partial charge in [-0.05, 0) is 42.5 Å². The van der Waals surface area contributed by atoms with Crippen LogP contribution < -0.4 is 4.90 Å². The van der Waals surface area contributed by atoms with Crippen LogP contribution in [-0.2, 0) is 0 Å². The van der Waals surface area contributed by atoms with E-state index in [1.54, 1.807) is 0 Å². The van der Waals surface area contributed by atoms with Crippen LogP contribution in [0.2, 0.25) is 0 Å². The minimum Gasteiger partial charge on any atom is -0.368 e. The standard InChI is InChI=1S/C19H21N/c1-16(17-9-4-2-5-10-17)15-19-13-8-14-20(19)18-11-6-3-7-12-18/h2-7,9-12,19H,1,8,13-15H2. The molecule has 20 heavy (non-hydrogen) atoms. The predicted molar refractivity (Wildman–Crippen MR) is 86.9 cm³/mol. The molecule has 0 amide bonds. The van der Waals surface area contributed by atoms with E-state index in [0.717, 1.165) is 13.0 Å². The van der Waals surface area contributed by atoms with E-state index >= 15 is 0 Å². The maximum absolute atomic E-state index is 4.29. The van der Waals surface area contributed by atoms with Crippen LogP contribution in [0.1, 0.15) is 24.8 Å². The molecule has 0 aliphatic carbocycles. The van der Waals surface area contributed by atoms with E-state index in [4.69, 9.17) is 0 Å². The molecule has 1 atom stereocenters. The number of hydrogen-bond donors (Lipinski definition) is 0. The normalized spacial score (nSPS) is 18.2. The first-order valence-electron chi connectivity index (χ1n) is 7.39. The highest BCUT2D eigenvalue weighted by Crippen LogP contribution is 2.31. The Morgan fingerprint density at radius 2 is 1.65 bits per heavy atom. The Kier molecular flexibility index (Phi) is 3.87. The van der Waals surface area contributed by atoms with Gasteiger partial charge in [0.25, 0.3) is 0 Å². The summed E-state index contributed by atoms with van der Waals surface area (Å²) in [5, 5.41) is 0. The Labute approximate surface area is 121 Å². The number of nitrogens with zero attached hydrogens (tertiary/aromatic N) is 1. The molecule has 2 aromatic carbocycles. The van der Waals surface area contributed by atoms with E-state index in [-0.39, 0.29) is 0 Å². The summed E-state index contributed by atoms with van der Waals surface area (Å²) in [5.41, 5.74) is 3.86. The zero-order chi connectivity index (χ0) is 13.8. The molecule has 1 heterocycles. The second kappa shape index (κ2) is 5.96. The first-order chi connectivity index (χ1) is 9.84. The highest BCUT2D eigenvalue weighted by molar-refractivity contribution is 5.64. The second-order valence-electron chi connectivity index (χ2n) is 5.50. The fraction of sp³-hybridized carbons (Fsp3) is 0.263. The molecule has 1 heteroatoms. The summed E-state index contributed by atoms with van der Waals surface area (Å²) in [4.78, 5) is 2.54. The topological polar surface area (TPSA) is 3.24 Å². The third-order valence-corrected chi connectivity index (χ3v) is 4.13. The minimum absolute atomic E-state index is 0.588. The monoisotopic (exact) mass is 263 g/mol. The first kappa shape index (κ1) is 13.0. The molecule has 3 rings (SSSR count). The maximum Gasteiger partial charge on any atom is 0.0368 e. The SMILES string of the molecule is C=C(CC1CCCN1c1ccccc1)c1ccccc1. The van der Waals surface area contributed by atoms with Crippen molar-refractivity contribution in [2.75, 3.05) is 11.4 Å². The summed E-state index contributed by atoms with van der Waals surface area (Å²) in [6.07, 6.45) is 3.60. The quantitative estimate of drug-likeness (QED) is 0.768. The van der Waals surface area contributed by atoms with E-state index in [1.165, 1.54) is 29.7 Å². The lowest BCUT2D eigenvalue weighted by atomic mass is 9.98. The Bertz CT molecular complexity index is 559. The summed E-state index contributed by atoms with van der Waals surface area (Å²) in [7, 11) is 0. The van der Waals surface area contributed by atoms with E-state index in [2.05, 4.69) is 72.1 Å². The van der Waals surface area contributed by atoms with Crippen LogP contribution in [0.4, 0.5) is 5.69 Å². The number of anilines is 1. The molecular formula is C19H21N. The average molecular weight is 263 g/mol. The Morgan fingerprint density at radius 3 is 2.35 bits per heavy atom. The van der Waals surface area contributed by atoms with Gasteiger partial charge in [0.2, 0.25) is 0 Å². The van der Waals surface area contributed by atoms with Gasteiger partial charge >= 0.3 is 0 Å². The number of para-hydroxylation sites is 1. The molecule has 1 fully saturated rings. The van der Waals surface area contributed by atoms with Crippen molar-refractivity contribution in [3.8, 4) is 0 Å². The minimum atomic E-state index is 0.588. The Morgan fingerprint density at radius 1 is 1.00 bits per heavy atom. The smallest absolute Gasteiger partial charge is 0.0368 e. The predicted octanol–water partition coefficient (Wildman–Crippen LogP) is 4.76. The maximum atomic E-state index is 4.29. The van der Waals surface area contributed by atoms with Crippen molar-refractivity contribution in [1.29, 1.82) is 0 Å². The van der Waals surface area contributed by atoms with Gasteiger partial charge in [-0.2, -0.15) is 0 Å². The summed E-state index contributed by atoms with van der Waals surface area (Å²) in [6, 6.07) is 21.9. The van der Waals surface area contributed by atoms with Gasteiger partial charge in [0, 0.05) is 18.3 Å². The number of benzene rings is 2. The highest BCUT2D eigenvalue weighted by Gasteiger charge is 2.25. The lowest BCUT2D eigenvalue weighted by Gasteiger charge is -2.27. The van der Waals surface area contributed by atoms with Gasteiger partial charge in [-0.1, -0.05) is 55.1 Å². The van der Waals surface area contributed by atoms with Crippen molar-refractivity contribution in [1.82, 2.24) is 0 Å². The van der Waals surface area contributed by atoms with Gasteiger partial charge in [0.1, 0.15) is 0 Å².